The zero-order chi connectivity index (χ0) is 16.4. The Labute approximate surface area is 137 Å². The van der Waals surface area contributed by atoms with E-state index in [9.17, 15) is 8.42 Å². The van der Waals surface area contributed by atoms with Gasteiger partial charge in [-0.1, -0.05) is 0 Å². The molecule has 23 heavy (non-hydrogen) atoms. The molecule has 1 saturated heterocycles. The Morgan fingerprint density at radius 2 is 2.00 bits per heavy atom. The van der Waals surface area contributed by atoms with E-state index in [1.54, 1.807) is 16.4 Å². The Morgan fingerprint density at radius 3 is 2.57 bits per heavy atom. The highest BCUT2D eigenvalue weighted by atomic mass is 32.2. The molecule has 0 unspecified atom stereocenters. The van der Waals surface area contributed by atoms with Crippen LogP contribution in [0.4, 0.5) is 0 Å². The van der Waals surface area contributed by atoms with Gasteiger partial charge in [0.15, 0.2) is 0 Å². The monoisotopic (exact) mass is 341 g/mol. The Bertz CT molecular complexity index is 650. The van der Waals surface area contributed by atoms with Gasteiger partial charge < -0.3 is 14.2 Å². The number of nitrogens with zero attached hydrogens (tertiary/aromatic N) is 1. The lowest BCUT2D eigenvalue weighted by atomic mass is 10.1. The van der Waals surface area contributed by atoms with Crippen molar-refractivity contribution in [1.29, 1.82) is 0 Å². The lowest BCUT2D eigenvalue weighted by Crippen LogP contribution is -2.37. The van der Waals surface area contributed by atoms with E-state index in [4.69, 9.17) is 14.2 Å². The zero-order valence-electron chi connectivity index (χ0n) is 13.5. The van der Waals surface area contributed by atoms with Gasteiger partial charge in [-0.2, -0.15) is 4.31 Å². The maximum atomic E-state index is 13.2. The van der Waals surface area contributed by atoms with E-state index in [-0.39, 0.29) is 16.9 Å². The molecule has 0 amide bonds. The molecule has 3 rings (SSSR count). The minimum atomic E-state index is -3.63. The van der Waals surface area contributed by atoms with Crippen LogP contribution in [0.1, 0.15) is 19.3 Å². The van der Waals surface area contributed by atoms with Crippen LogP contribution in [0.5, 0.6) is 11.5 Å². The van der Waals surface area contributed by atoms with Crippen molar-refractivity contribution >= 4 is 10.0 Å². The third-order valence-corrected chi connectivity index (χ3v) is 6.31. The van der Waals surface area contributed by atoms with Gasteiger partial charge in [-0.25, -0.2) is 8.42 Å². The number of rotatable bonds is 7. The number of methoxy groups -OCH3 is 2. The van der Waals surface area contributed by atoms with Crippen molar-refractivity contribution in [3.63, 3.8) is 0 Å². The first-order valence-electron chi connectivity index (χ1n) is 7.88. The second-order valence-corrected chi connectivity index (χ2v) is 7.91. The average molecular weight is 341 g/mol. The first-order valence-corrected chi connectivity index (χ1v) is 9.32. The molecule has 1 aliphatic heterocycles. The number of sulfonamides is 1. The number of benzene rings is 1. The number of hydrogen-bond acceptors (Lipinski definition) is 5. The molecule has 0 spiro atoms. The van der Waals surface area contributed by atoms with Crippen LogP contribution in [0.15, 0.2) is 23.1 Å². The molecule has 1 aliphatic carbocycles. The summed E-state index contributed by atoms with van der Waals surface area (Å²) in [5, 5.41) is 0. The first-order chi connectivity index (χ1) is 11.1. The third-order valence-electron chi connectivity index (χ3n) is 4.37. The molecule has 1 heterocycles. The van der Waals surface area contributed by atoms with Crippen LogP contribution in [0.3, 0.4) is 0 Å². The molecule has 1 aromatic carbocycles. The van der Waals surface area contributed by atoms with Crippen LogP contribution in [-0.4, -0.2) is 52.7 Å². The average Bonchev–Trinajstić information content (AvgIpc) is 3.27. The van der Waals surface area contributed by atoms with Gasteiger partial charge in [0.05, 0.1) is 20.8 Å². The molecule has 7 heteroatoms. The summed E-state index contributed by atoms with van der Waals surface area (Å²) in [5.41, 5.74) is 0. The third kappa shape index (κ3) is 3.46. The van der Waals surface area contributed by atoms with E-state index in [2.05, 4.69) is 0 Å². The fourth-order valence-electron chi connectivity index (χ4n) is 2.90. The second kappa shape index (κ2) is 6.67. The fourth-order valence-corrected chi connectivity index (χ4v) is 4.83. The second-order valence-electron chi connectivity index (χ2n) is 6.05. The van der Waals surface area contributed by atoms with E-state index in [1.165, 1.54) is 20.3 Å². The van der Waals surface area contributed by atoms with Gasteiger partial charge in [0.2, 0.25) is 10.0 Å². The molecule has 0 aromatic heterocycles. The minimum absolute atomic E-state index is 0.0940. The van der Waals surface area contributed by atoms with Crippen molar-refractivity contribution in [2.75, 3.05) is 34.0 Å². The summed E-state index contributed by atoms with van der Waals surface area (Å²) in [4.78, 5) is 0.171. The molecule has 6 nitrogen and oxygen atoms in total. The lowest BCUT2D eigenvalue weighted by molar-refractivity contribution is 0.180. The summed E-state index contributed by atoms with van der Waals surface area (Å²) >= 11 is 0. The highest BCUT2D eigenvalue weighted by Gasteiger charge is 2.41. The minimum Gasteiger partial charge on any atom is -0.497 e. The van der Waals surface area contributed by atoms with Gasteiger partial charge in [0, 0.05) is 25.3 Å². The van der Waals surface area contributed by atoms with E-state index < -0.39 is 10.0 Å². The Balaban J connectivity index is 1.94. The van der Waals surface area contributed by atoms with Crippen LogP contribution < -0.4 is 9.47 Å². The highest BCUT2D eigenvalue weighted by molar-refractivity contribution is 7.89. The Morgan fingerprint density at radius 1 is 1.22 bits per heavy atom. The van der Waals surface area contributed by atoms with Crippen LogP contribution in [0, 0.1) is 5.92 Å². The van der Waals surface area contributed by atoms with Gasteiger partial charge in [0.25, 0.3) is 0 Å². The molecule has 1 saturated carbocycles. The summed E-state index contributed by atoms with van der Waals surface area (Å²) in [6, 6.07) is 4.96. The van der Waals surface area contributed by atoms with Crippen molar-refractivity contribution in [1.82, 2.24) is 4.31 Å². The van der Waals surface area contributed by atoms with E-state index >= 15 is 0 Å². The van der Waals surface area contributed by atoms with Crippen LogP contribution in [0.25, 0.3) is 0 Å². The summed E-state index contributed by atoms with van der Waals surface area (Å²) in [6.45, 7) is 1.85. The van der Waals surface area contributed by atoms with Crippen molar-refractivity contribution in [2.45, 2.75) is 30.2 Å². The SMILES string of the molecule is COc1ccc(OC)c(S(=O)(=O)N(C[C@@H]2CCOC2)C2CC2)c1. The molecule has 2 fully saturated rings. The van der Waals surface area contributed by atoms with Crippen molar-refractivity contribution in [3.8, 4) is 11.5 Å². The van der Waals surface area contributed by atoms with Gasteiger partial charge in [-0.05, 0) is 37.3 Å². The van der Waals surface area contributed by atoms with Crippen LogP contribution in [-0.2, 0) is 14.8 Å². The molecule has 0 bridgehead atoms. The fraction of sp³-hybridized carbons (Fsp3) is 0.625. The molecular formula is C16H23NO5S. The van der Waals surface area contributed by atoms with Gasteiger partial charge in [-0.3, -0.25) is 0 Å². The summed E-state index contributed by atoms with van der Waals surface area (Å²) in [6.07, 6.45) is 2.74. The number of hydrogen-bond donors (Lipinski definition) is 0. The van der Waals surface area contributed by atoms with Crippen molar-refractivity contribution < 1.29 is 22.6 Å². The van der Waals surface area contributed by atoms with Gasteiger partial charge in [0.1, 0.15) is 16.4 Å². The largest absolute Gasteiger partial charge is 0.497 e. The normalized spacial score (nSPS) is 21.6. The molecule has 0 radical (unpaired) electrons. The molecule has 1 atom stereocenters. The molecular weight excluding hydrogens is 318 g/mol. The molecule has 128 valence electrons. The zero-order valence-corrected chi connectivity index (χ0v) is 14.3. The van der Waals surface area contributed by atoms with Gasteiger partial charge in [-0.15, -0.1) is 0 Å². The predicted molar refractivity (Wildman–Crippen MR) is 85.4 cm³/mol. The van der Waals surface area contributed by atoms with Crippen molar-refractivity contribution in [2.24, 2.45) is 5.92 Å². The van der Waals surface area contributed by atoms with Crippen LogP contribution in [0.2, 0.25) is 0 Å². The Hall–Kier alpha value is -1.31. The molecule has 0 N–H and O–H groups in total. The summed E-state index contributed by atoms with van der Waals surface area (Å²) < 4.78 is 43.9. The van der Waals surface area contributed by atoms with E-state index in [0.717, 1.165) is 19.3 Å². The Kier molecular flexibility index (Phi) is 4.79. The van der Waals surface area contributed by atoms with E-state index in [1.807, 2.05) is 0 Å². The quantitative estimate of drug-likeness (QED) is 0.758. The first kappa shape index (κ1) is 16.5. The smallest absolute Gasteiger partial charge is 0.247 e. The topological polar surface area (TPSA) is 65.1 Å². The maximum absolute atomic E-state index is 13.2. The standard InChI is InChI=1S/C16H23NO5S/c1-20-14-5-6-15(21-2)16(9-14)23(18,19)17(13-3-4-13)10-12-7-8-22-11-12/h5-6,9,12-13H,3-4,7-8,10-11H2,1-2H3/t12-/m0/s1. The predicted octanol–water partition coefficient (Wildman–Crippen LogP) is 1.89. The number of ether oxygens (including phenoxy) is 3. The van der Waals surface area contributed by atoms with Crippen molar-refractivity contribution in [3.05, 3.63) is 18.2 Å². The highest BCUT2D eigenvalue weighted by Crippen LogP contribution is 2.37. The van der Waals surface area contributed by atoms with E-state index in [0.29, 0.717) is 31.3 Å². The maximum Gasteiger partial charge on any atom is 0.247 e. The lowest BCUT2D eigenvalue weighted by Gasteiger charge is -2.25. The molecule has 1 aromatic rings. The summed E-state index contributed by atoms with van der Waals surface area (Å²) in [7, 11) is -0.628. The molecule has 2 aliphatic rings. The van der Waals surface area contributed by atoms with Gasteiger partial charge >= 0.3 is 0 Å². The summed E-state index contributed by atoms with van der Waals surface area (Å²) in [5.74, 6) is 1.12. The van der Waals surface area contributed by atoms with Crippen LogP contribution >= 0.6 is 0 Å².